The molecule has 158 valence electrons. The van der Waals surface area contributed by atoms with Gasteiger partial charge in [0.25, 0.3) is 0 Å². The predicted molar refractivity (Wildman–Crippen MR) is 120 cm³/mol. The Labute approximate surface area is 182 Å². The molecule has 0 spiro atoms. The predicted octanol–water partition coefficient (Wildman–Crippen LogP) is 5.46. The highest BCUT2D eigenvalue weighted by Crippen LogP contribution is 2.37. The molecule has 0 unspecified atom stereocenters. The molecule has 3 aromatic carbocycles. The number of ether oxygens (including phenoxy) is 2. The van der Waals surface area contributed by atoms with Gasteiger partial charge in [-0.15, -0.1) is 0 Å². The third-order valence-corrected chi connectivity index (χ3v) is 6.16. The zero-order valence-electron chi connectivity index (χ0n) is 18.2. The summed E-state index contributed by atoms with van der Waals surface area (Å²) in [6.07, 6.45) is 0.879. The summed E-state index contributed by atoms with van der Waals surface area (Å²) >= 11 is 0. The number of nitrogens with zero attached hydrogens (tertiary/aromatic N) is 1. The summed E-state index contributed by atoms with van der Waals surface area (Å²) in [5, 5.41) is 0. The first-order chi connectivity index (χ1) is 14.9. The molecule has 3 nitrogen and oxygen atoms in total. The molecular weight excluding hydrogens is 389 g/mol. The third kappa shape index (κ3) is 3.71. The lowest BCUT2D eigenvalue weighted by Crippen LogP contribution is -2.31. The summed E-state index contributed by atoms with van der Waals surface area (Å²) in [7, 11) is 0. The molecular formula is C27H27FNO2+. The molecule has 0 aromatic heterocycles. The summed E-state index contributed by atoms with van der Waals surface area (Å²) in [5.41, 5.74) is 6.70. The molecule has 0 saturated carbocycles. The van der Waals surface area contributed by atoms with Crippen LogP contribution in [0.4, 0.5) is 4.39 Å². The molecule has 0 aliphatic carbocycles. The van der Waals surface area contributed by atoms with Gasteiger partial charge in [-0.1, -0.05) is 45.0 Å². The van der Waals surface area contributed by atoms with Crippen LogP contribution in [0.5, 0.6) is 11.5 Å². The van der Waals surface area contributed by atoms with Gasteiger partial charge in [-0.25, -0.2) is 8.97 Å². The van der Waals surface area contributed by atoms with Crippen molar-refractivity contribution in [2.45, 2.75) is 39.2 Å². The second-order valence-electron chi connectivity index (χ2n) is 9.30. The van der Waals surface area contributed by atoms with Gasteiger partial charge in [-0.05, 0) is 52.9 Å². The first-order valence-electron chi connectivity index (χ1n) is 10.8. The Morgan fingerprint density at radius 2 is 1.65 bits per heavy atom. The van der Waals surface area contributed by atoms with Crippen LogP contribution in [-0.2, 0) is 18.4 Å². The fraction of sp³-hybridized carbons (Fsp3) is 0.296. The van der Waals surface area contributed by atoms with Gasteiger partial charge in [-0.3, -0.25) is 0 Å². The number of hydrogen-bond acceptors (Lipinski definition) is 2. The Morgan fingerprint density at radius 3 is 2.35 bits per heavy atom. The highest BCUT2D eigenvalue weighted by atomic mass is 19.1. The molecule has 2 heterocycles. The molecule has 2 aliphatic rings. The van der Waals surface area contributed by atoms with Gasteiger partial charge in [0.05, 0.1) is 11.1 Å². The fourth-order valence-corrected chi connectivity index (χ4v) is 4.41. The number of benzene rings is 3. The van der Waals surface area contributed by atoms with Crippen molar-refractivity contribution < 1.29 is 18.4 Å². The van der Waals surface area contributed by atoms with Gasteiger partial charge < -0.3 is 9.47 Å². The fourth-order valence-electron chi connectivity index (χ4n) is 4.41. The van der Waals surface area contributed by atoms with Crippen LogP contribution in [0, 0.1) is 5.82 Å². The first-order valence-corrected chi connectivity index (χ1v) is 10.8. The van der Waals surface area contributed by atoms with Gasteiger partial charge in [0, 0.05) is 12.0 Å². The molecule has 0 fully saturated rings. The molecule has 0 bridgehead atoms. The van der Waals surface area contributed by atoms with E-state index >= 15 is 0 Å². The number of hydrogen-bond donors (Lipinski definition) is 0. The summed E-state index contributed by atoms with van der Waals surface area (Å²) in [6, 6.07) is 20.0. The van der Waals surface area contributed by atoms with E-state index in [9.17, 15) is 4.39 Å². The Kier molecular flexibility index (Phi) is 4.81. The lowest BCUT2D eigenvalue weighted by Gasteiger charge is -2.22. The van der Waals surface area contributed by atoms with Crippen molar-refractivity contribution >= 4 is 5.71 Å². The van der Waals surface area contributed by atoms with Crippen LogP contribution in [0.2, 0.25) is 0 Å². The van der Waals surface area contributed by atoms with Crippen LogP contribution in [0.1, 0.15) is 48.6 Å². The van der Waals surface area contributed by atoms with Crippen molar-refractivity contribution in [3.63, 3.8) is 0 Å². The van der Waals surface area contributed by atoms with E-state index in [0.717, 1.165) is 41.3 Å². The first kappa shape index (κ1) is 19.8. The second-order valence-corrected chi connectivity index (χ2v) is 9.30. The molecule has 0 atom stereocenters. The van der Waals surface area contributed by atoms with E-state index < -0.39 is 0 Å². The smallest absolute Gasteiger partial charge is 0.231 e. The van der Waals surface area contributed by atoms with Crippen molar-refractivity contribution in [1.82, 2.24) is 0 Å². The summed E-state index contributed by atoms with van der Waals surface area (Å²) < 4.78 is 28.0. The maximum Gasteiger partial charge on any atom is 0.231 e. The Balaban J connectivity index is 1.66. The van der Waals surface area contributed by atoms with E-state index in [1.165, 1.54) is 17.2 Å². The van der Waals surface area contributed by atoms with Crippen LogP contribution >= 0.6 is 0 Å². The van der Waals surface area contributed by atoms with Crippen LogP contribution in [0.3, 0.4) is 0 Å². The number of halogens is 1. The van der Waals surface area contributed by atoms with Crippen molar-refractivity contribution in [3.8, 4) is 11.5 Å². The van der Waals surface area contributed by atoms with Crippen LogP contribution in [0.15, 0.2) is 60.7 Å². The van der Waals surface area contributed by atoms with E-state index in [4.69, 9.17) is 9.47 Å². The summed E-state index contributed by atoms with van der Waals surface area (Å²) in [4.78, 5) is 0. The SMILES string of the molecule is CC(C)(C)c1ccc(C2=[N+](Cc3ccccc3F)CCc3cc4c(cc32)OCO4)cc1. The molecule has 0 radical (unpaired) electrons. The van der Waals surface area contributed by atoms with Crippen LogP contribution in [0.25, 0.3) is 0 Å². The van der Waals surface area contributed by atoms with E-state index in [1.54, 1.807) is 6.07 Å². The average Bonchev–Trinajstić information content (AvgIpc) is 3.20. The minimum Gasteiger partial charge on any atom is -0.454 e. The zero-order chi connectivity index (χ0) is 21.6. The minimum absolute atomic E-state index is 0.0898. The van der Waals surface area contributed by atoms with E-state index in [1.807, 2.05) is 12.1 Å². The third-order valence-electron chi connectivity index (χ3n) is 6.16. The van der Waals surface area contributed by atoms with Gasteiger partial charge in [0.1, 0.15) is 12.4 Å². The maximum absolute atomic E-state index is 14.5. The van der Waals surface area contributed by atoms with Crippen molar-refractivity contribution in [2.75, 3.05) is 13.3 Å². The Hall–Kier alpha value is -3.14. The molecule has 5 rings (SSSR count). The summed E-state index contributed by atoms with van der Waals surface area (Å²) in [5.74, 6) is 1.42. The molecule has 3 aromatic rings. The average molecular weight is 417 g/mol. The molecule has 0 N–H and O–H groups in total. The molecule has 31 heavy (non-hydrogen) atoms. The van der Waals surface area contributed by atoms with Crippen LogP contribution in [-0.4, -0.2) is 23.6 Å². The molecule has 2 aliphatic heterocycles. The van der Waals surface area contributed by atoms with Crippen molar-refractivity contribution in [2.24, 2.45) is 0 Å². The van der Waals surface area contributed by atoms with E-state index in [0.29, 0.717) is 12.1 Å². The highest BCUT2D eigenvalue weighted by Gasteiger charge is 2.31. The maximum atomic E-state index is 14.5. The number of fused-ring (bicyclic) bond motifs is 2. The minimum atomic E-state index is -0.165. The van der Waals surface area contributed by atoms with Gasteiger partial charge in [-0.2, -0.15) is 0 Å². The van der Waals surface area contributed by atoms with Crippen molar-refractivity contribution in [1.29, 1.82) is 0 Å². The van der Waals surface area contributed by atoms with Crippen molar-refractivity contribution in [3.05, 3.63) is 94.3 Å². The van der Waals surface area contributed by atoms with Gasteiger partial charge in [0.2, 0.25) is 12.5 Å². The zero-order valence-corrected chi connectivity index (χ0v) is 18.2. The normalized spacial score (nSPS) is 15.2. The quantitative estimate of drug-likeness (QED) is 0.529. The van der Waals surface area contributed by atoms with Gasteiger partial charge >= 0.3 is 0 Å². The largest absolute Gasteiger partial charge is 0.454 e. The monoisotopic (exact) mass is 416 g/mol. The van der Waals surface area contributed by atoms with Gasteiger partial charge in [0.15, 0.2) is 18.0 Å². The van der Waals surface area contributed by atoms with E-state index in [2.05, 4.69) is 61.7 Å². The number of rotatable bonds is 3. The lowest BCUT2D eigenvalue weighted by atomic mass is 9.85. The lowest BCUT2D eigenvalue weighted by molar-refractivity contribution is -0.544. The summed E-state index contributed by atoms with van der Waals surface area (Å²) in [6.45, 7) is 8.25. The van der Waals surface area contributed by atoms with Crippen LogP contribution < -0.4 is 9.47 Å². The Bertz CT molecular complexity index is 1170. The molecule has 4 heteroatoms. The second kappa shape index (κ2) is 7.52. The highest BCUT2D eigenvalue weighted by molar-refractivity contribution is 6.11. The molecule has 0 saturated heterocycles. The van der Waals surface area contributed by atoms with E-state index in [-0.39, 0.29) is 18.0 Å². The topological polar surface area (TPSA) is 21.5 Å². The molecule has 0 amide bonds. The standard InChI is InChI=1S/C27H27FNO2/c1-27(2,3)21-10-8-18(9-11-21)26-22-15-25-24(30-17-31-25)14-19(22)12-13-29(26)16-20-6-4-5-7-23(20)28/h4-11,14-15H,12-13,16-17H2,1-3H3/q+1. The Morgan fingerprint density at radius 1 is 0.935 bits per heavy atom.